The van der Waals surface area contributed by atoms with Crippen LogP contribution in [0.2, 0.25) is 0 Å². The molecule has 1 aromatic rings. The fourth-order valence-electron chi connectivity index (χ4n) is 2.83. The van der Waals surface area contributed by atoms with E-state index in [4.69, 9.17) is 5.73 Å². The van der Waals surface area contributed by atoms with Crippen LogP contribution in [-0.2, 0) is 0 Å². The molecule has 1 aromatic carbocycles. The minimum Gasteiger partial charge on any atom is -0.389 e. The molecule has 0 aliphatic carbocycles. The van der Waals surface area contributed by atoms with E-state index in [1.807, 2.05) is 6.92 Å². The molecule has 3 atom stereocenters. The fourth-order valence-corrected chi connectivity index (χ4v) is 3.09. The molecule has 0 radical (unpaired) electrons. The molecular formula is C15H23BrN2O. The summed E-state index contributed by atoms with van der Waals surface area (Å²) in [5.74, 6) is 0. The first-order valence-electron chi connectivity index (χ1n) is 6.90. The maximum atomic E-state index is 10.2. The van der Waals surface area contributed by atoms with Crippen LogP contribution in [0.25, 0.3) is 0 Å². The summed E-state index contributed by atoms with van der Waals surface area (Å²) < 4.78 is 1.08. The number of aliphatic hydroxyl groups is 1. The second kappa shape index (κ2) is 5.92. The normalized spacial score (nSPS) is 27.4. The van der Waals surface area contributed by atoms with Gasteiger partial charge < -0.3 is 10.8 Å². The third-order valence-electron chi connectivity index (χ3n) is 3.96. The molecule has 3 N–H and O–H groups in total. The van der Waals surface area contributed by atoms with Gasteiger partial charge in [0.2, 0.25) is 0 Å². The third-order valence-corrected chi connectivity index (χ3v) is 4.49. The monoisotopic (exact) mass is 326 g/mol. The number of hydrogen-bond acceptors (Lipinski definition) is 3. The van der Waals surface area contributed by atoms with E-state index in [-0.39, 0.29) is 12.1 Å². The topological polar surface area (TPSA) is 49.5 Å². The van der Waals surface area contributed by atoms with Gasteiger partial charge in [0.05, 0.1) is 5.60 Å². The van der Waals surface area contributed by atoms with Crippen molar-refractivity contribution in [3.8, 4) is 0 Å². The van der Waals surface area contributed by atoms with Crippen LogP contribution < -0.4 is 5.73 Å². The van der Waals surface area contributed by atoms with E-state index in [1.165, 1.54) is 5.56 Å². The number of nitrogens with two attached hydrogens (primary N) is 1. The van der Waals surface area contributed by atoms with E-state index in [0.29, 0.717) is 6.54 Å². The molecule has 1 aliphatic heterocycles. The zero-order valence-electron chi connectivity index (χ0n) is 11.6. The van der Waals surface area contributed by atoms with Gasteiger partial charge in [0.15, 0.2) is 0 Å². The van der Waals surface area contributed by atoms with Gasteiger partial charge in [-0.25, -0.2) is 0 Å². The Balaban J connectivity index is 2.24. The number of halogens is 1. The standard InChI is InChI=1S/C15H23BrN2O/c1-3-13(17)14(11-4-6-12(16)7-5-11)18-9-8-15(2,19)10-18/h4-7,13-14,19H,3,8-10,17H2,1-2H3. The minimum atomic E-state index is -0.582. The molecule has 0 bridgehead atoms. The third kappa shape index (κ3) is 3.57. The van der Waals surface area contributed by atoms with E-state index in [0.717, 1.165) is 23.9 Å². The van der Waals surface area contributed by atoms with E-state index < -0.39 is 5.60 Å². The van der Waals surface area contributed by atoms with Crippen LogP contribution >= 0.6 is 15.9 Å². The summed E-state index contributed by atoms with van der Waals surface area (Å²) in [5, 5.41) is 10.2. The van der Waals surface area contributed by atoms with Crippen LogP contribution in [0.3, 0.4) is 0 Å². The van der Waals surface area contributed by atoms with Crippen LogP contribution in [0, 0.1) is 0 Å². The molecule has 0 aromatic heterocycles. The molecule has 3 nitrogen and oxygen atoms in total. The molecule has 2 rings (SSSR count). The van der Waals surface area contributed by atoms with E-state index in [9.17, 15) is 5.11 Å². The quantitative estimate of drug-likeness (QED) is 0.894. The predicted molar refractivity (Wildman–Crippen MR) is 82.0 cm³/mol. The van der Waals surface area contributed by atoms with Gasteiger partial charge in [-0.15, -0.1) is 0 Å². The number of rotatable bonds is 4. The Morgan fingerprint density at radius 2 is 2.05 bits per heavy atom. The summed E-state index contributed by atoms with van der Waals surface area (Å²) >= 11 is 3.47. The van der Waals surface area contributed by atoms with Gasteiger partial charge in [-0.2, -0.15) is 0 Å². The number of likely N-dealkylation sites (tertiary alicyclic amines) is 1. The van der Waals surface area contributed by atoms with Crippen LogP contribution in [-0.4, -0.2) is 34.7 Å². The first-order chi connectivity index (χ1) is 8.93. The van der Waals surface area contributed by atoms with Crippen molar-refractivity contribution in [1.82, 2.24) is 4.90 Å². The van der Waals surface area contributed by atoms with Crippen molar-refractivity contribution < 1.29 is 5.11 Å². The maximum Gasteiger partial charge on any atom is 0.0758 e. The Morgan fingerprint density at radius 3 is 2.53 bits per heavy atom. The Morgan fingerprint density at radius 1 is 1.42 bits per heavy atom. The molecule has 0 amide bonds. The Hall–Kier alpha value is -0.420. The zero-order valence-corrected chi connectivity index (χ0v) is 13.2. The molecule has 1 saturated heterocycles. The average Bonchev–Trinajstić information content (AvgIpc) is 2.72. The molecule has 1 fully saturated rings. The molecule has 3 unspecified atom stereocenters. The molecule has 1 heterocycles. The van der Waals surface area contributed by atoms with Crippen molar-refractivity contribution in [2.45, 2.75) is 44.4 Å². The van der Waals surface area contributed by atoms with Gasteiger partial charge >= 0.3 is 0 Å². The molecule has 19 heavy (non-hydrogen) atoms. The number of nitrogens with zero attached hydrogens (tertiary/aromatic N) is 1. The highest BCUT2D eigenvalue weighted by Crippen LogP contribution is 2.32. The first kappa shape index (κ1) is 15.0. The number of benzene rings is 1. The molecule has 0 saturated carbocycles. The van der Waals surface area contributed by atoms with Crippen LogP contribution in [0.4, 0.5) is 0 Å². The smallest absolute Gasteiger partial charge is 0.0758 e. The first-order valence-corrected chi connectivity index (χ1v) is 7.70. The second-order valence-corrected chi connectivity index (χ2v) is 6.70. The second-order valence-electron chi connectivity index (χ2n) is 5.79. The summed E-state index contributed by atoms with van der Waals surface area (Å²) in [4.78, 5) is 2.32. The summed E-state index contributed by atoms with van der Waals surface area (Å²) in [6.45, 7) is 5.62. The van der Waals surface area contributed by atoms with Crippen molar-refractivity contribution in [2.24, 2.45) is 5.73 Å². The summed E-state index contributed by atoms with van der Waals surface area (Å²) in [7, 11) is 0. The lowest BCUT2D eigenvalue weighted by atomic mass is 9.96. The minimum absolute atomic E-state index is 0.0927. The van der Waals surface area contributed by atoms with Crippen molar-refractivity contribution in [2.75, 3.05) is 13.1 Å². The largest absolute Gasteiger partial charge is 0.389 e. The lowest BCUT2D eigenvalue weighted by Crippen LogP contribution is -2.41. The average molecular weight is 327 g/mol. The highest BCUT2D eigenvalue weighted by atomic mass is 79.9. The predicted octanol–water partition coefficient (Wildman–Crippen LogP) is 2.68. The fraction of sp³-hybridized carbons (Fsp3) is 0.600. The van der Waals surface area contributed by atoms with Crippen LogP contribution in [0.15, 0.2) is 28.7 Å². The molecule has 1 aliphatic rings. The molecule has 4 heteroatoms. The lowest BCUT2D eigenvalue weighted by Gasteiger charge is -2.33. The summed E-state index contributed by atoms with van der Waals surface area (Å²) in [6, 6.07) is 8.63. The number of β-amino-alcohol motifs (C(OH)–C–C–N with tert-alkyl or cyclic N) is 1. The molecular weight excluding hydrogens is 304 g/mol. The van der Waals surface area contributed by atoms with Crippen molar-refractivity contribution in [3.05, 3.63) is 34.3 Å². The van der Waals surface area contributed by atoms with Crippen molar-refractivity contribution in [3.63, 3.8) is 0 Å². The molecule has 0 spiro atoms. The summed E-state index contributed by atoms with van der Waals surface area (Å²) in [6.07, 6.45) is 1.75. The number of hydrogen-bond donors (Lipinski definition) is 2. The zero-order chi connectivity index (χ0) is 14.0. The van der Waals surface area contributed by atoms with Gasteiger partial charge in [0.25, 0.3) is 0 Å². The SMILES string of the molecule is CCC(N)C(c1ccc(Br)cc1)N1CCC(C)(O)C1. The maximum absolute atomic E-state index is 10.2. The van der Waals surface area contributed by atoms with Gasteiger partial charge in [-0.05, 0) is 37.5 Å². The van der Waals surface area contributed by atoms with E-state index in [1.54, 1.807) is 0 Å². The van der Waals surface area contributed by atoms with Crippen LogP contribution in [0.1, 0.15) is 38.3 Å². The van der Waals surface area contributed by atoms with Crippen molar-refractivity contribution >= 4 is 15.9 Å². The van der Waals surface area contributed by atoms with Gasteiger partial charge in [-0.3, -0.25) is 4.90 Å². The Kier molecular flexibility index (Phi) is 4.66. The van der Waals surface area contributed by atoms with Crippen molar-refractivity contribution in [1.29, 1.82) is 0 Å². The highest BCUT2D eigenvalue weighted by Gasteiger charge is 2.37. The highest BCUT2D eigenvalue weighted by molar-refractivity contribution is 9.10. The summed E-state index contributed by atoms with van der Waals surface area (Å²) in [5.41, 5.74) is 6.97. The van der Waals surface area contributed by atoms with Crippen LogP contribution in [0.5, 0.6) is 0 Å². The Bertz CT molecular complexity index is 419. The van der Waals surface area contributed by atoms with Gasteiger partial charge in [0, 0.05) is 29.6 Å². The van der Waals surface area contributed by atoms with E-state index >= 15 is 0 Å². The molecule has 106 valence electrons. The van der Waals surface area contributed by atoms with E-state index in [2.05, 4.69) is 52.0 Å². The lowest BCUT2D eigenvalue weighted by molar-refractivity contribution is 0.0593. The Labute approximate surface area is 123 Å². The van der Waals surface area contributed by atoms with Gasteiger partial charge in [-0.1, -0.05) is 35.0 Å². The van der Waals surface area contributed by atoms with Gasteiger partial charge in [0.1, 0.15) is 0 Å².